The first kappa shape index (κ1) is 17.5. The molecule has 0 bridgehead atoms. The summed E-state index contributed by atoms with van der Waals surface area (Å²) in [5, 5.41) is 5.58. The van der Waals surface area contributed by atoms with E-state index in [2.05, 4.69) is 12.0 Å². The summed E-state index contributed by atoms with van der Waals surface area (Å²) in [5.41, 5.74) is 1.26. The molecule has 3 rings (SSSR count). The molecule has 25 heavy (non-hydrogen) atoms. The molecule has 2 aromatic carbocycles. The second-order valence-electron chi connectivity index (χ2n) is 6.08. The third kappa shape index (κ3) is 3.26. The Bertz CT molecular complexity index is 1010. The van der Waals surface area contributed by atoms with Crippen molar-refractivity contribution in [2.45, 2.75) is 38.5 Å². The molecule has 0 fully saturated rings. The van der Waals surface area contributed by atoms with Crippen molar-refractivity contribution < 1.29 is 13.2 Å². The minimum atomic E-state index is -3.77. The van der Waals surface area contributed by atoms with E-state index in [1.54, 1.807) is 38.1 Å². The third-order valence-electron chi connectivity index (χ3n) is 4.07. The molecule has 3 aromatic rings. The Kier molecular flexibility index (Phi) is 4.81. The zero-order valence-electron chi connectivity index (χ0n) is 14.7. The highest BCUT2D eigenvalue weighted by molar-refractivity contribution is 7.90. The van der Waals surface area contributed by atoms with Crippen molar-refractivity contribution in [1.29, 1.82) is 0 Å². The number of hydrogen-bond donors (Lipinski definition) is 0. The maximum Gasteiger partial charge on any atom is 0.283 e. The summed E-state index contributed by atoms with van der Waals surface area (Å²) in [5.74, 6) is 0.705. The van der Waals surface area contributed by atoms with E-state index in [1.165, 1.54) is 0 Å². The quantitative estimate of drug-likeness (QED) is 0.623. The van der Waals surface area contributed by atoms with Crippen molar-refractivity contribution in [1.82, 2.24) is 9.19 Å². The van der Waals surface area contributed by atoms with Gasteiger partial charge in [0.25, 0.3) is 10.0 Å². The molecule has 132 valence electrons. The number of fused-ring (bicyclic) bond motifs is 1. The van der Waals surface area contributed by atoms with Gasteiger partial charge in [-0.15, -0.1) is 0 Å². The molecule has 0 unspecified atom stereocenters. The number of aromatic nitrogens is 2. The molecular weight excluding hydrogens is 336 g/mol. The lowest BCUT2D eigenvalue weighted by molar-refractivity contribution is 0.313. The van der Waals surface area contributed by atoms with E-state index >= 15 is 0 Å². The lowest BCUT2D eigenvalue weighted by atomic mass is 10.1. The maximum atomic E-state index is 13.1. The summed E-state index contributed by atoms with van der Waals surface area (Å²) in [4.78, 5) is 0.233. The highest BCUT2D eigenvalue weighted by Crippen LogP contribution is 2.32. The topological polar surface area (TPSA) is 61.2 Å². The largest absolute Gasteiger partial charge is 0.493 e. The zero-order chi connectivity index (χ0) is 18.0. The summed E-state index contributed by atoms with van der Waals surface area (Å²) in [6, 6.07) is 12.5. The molecule has 5 nitrogen and oxygen atoms in total. The Hall–Kier alpha value is -2.34. The van der Waals surface area contributed by atoms with Crippen molar-refractivity contribution in [2.24, 2.45) is 0 Å². The average Bonchev–Trinajstić information content (AvgIpc) is 2.94. The van der Waals surface area contributed by atoms with Crippen molar-refractivity contribution in [3.63, 3.8) is 0 Å². The summed E-state index contributed by atoms with van der Waals surface area (Å²) < 4.78 is 33.2. The van der Waals surface area contributed by atoms with Gasteiger partial charge in [-0.05, 0) is 38.5 Å². The maximum absolute atomic E-state index is 13.1. The van der Waals surface area contributed by atoms with Gasteiger partial charge in [-0.3, -0.25) is 0 Å². The predicted molar refractivity (Wildman–Crippen MR) is 98.6 cm³/mol. The normalized spacial score (nSPS) is 11.8. The van der Waals surface area contributed by atoms with Crippen LogP contribution in [0.25, 0.3) is 10.8 Å². The van der Waals surface area contributed by atoms with Crippen LogP contribution in [0.1, 0.15) is 31.2 Å². The van der Waals surface area contributed by atoms with Crippen molar-refractivity contribution in [3.05, 3.63) is 53.9 Å². The summed E-state index contributed by atoms with van der Waals surface area (Å²) in [6.45, 7) is 6.24. The van der Waals surface area contributed by atoms with Gasteiger partial charge in [0.05, 0.1) is 22.9 Å². The fourth-order valence-electron chi connectivity index (χ4n) is 2.87. The van der Waals surface area contributed by atoms with Crippen molar-refractivity contribution in [3.8, 4) is 5.75 Å². The first-order valence-corrected chi connectivity index (χ1v) is 9.82. The van der Waals surface area contributed by atoms with Crippen LogP contribution < -0.4 is 4.74 Å². The molecule has 0 atom stereocenters. The van der Waals surface area contributed by atoms with Crippen LogP contribution in [0.2, 0.25) is 0 Å². The number of nitrogens with zero attached hydrogens (tertiary/aromatic N) is 2. The Morgan fingerprint density at radius 2 is 1.80 bits per heavy atom. The predicted octanol–water partition coefficient (Wildman–Crippen LogP) is 4.07. The number of ether oxygens (including phenoxy) is 1. The molecule has 0 radical (unpaired) electrons. The van der Waals surface area contributed by atoms with Crippen LogP contribution in [0.5, 0.6) is 5.75 Å². The van der Waals surface area contributed by atoms with Gasteiger partial charge >= 0.3 is 0 Å². The monoisotopic (exact) mass is 358 g/mol. The third-order valence-corrected chi connectivity index (χ3v) is 5.81. The Labute approximate surface area is 148 Å². The molecule has 0 aliphatic heterocycles. The molecule has 0 saturated heterocycles. The molecule has 0 aliphatic rings. The van der Waals surface area contributed by atoms with Crippen LogP contribution in [0.4, 0.5) is 0 Å². The first-order valence-electron chi connectivity index (χ1n) is 8.38. The van der Waals surface area contributed by atoms with Gasteiger partial charge in [-0.2, -0.15) is 17.6 Å². The second kappa shape index (κ2) is 6.88. The van der Waals surface area contributed by atoms with Gasteiger partial charge in [0, 0.05) is 10.8 Å². The van der Waals surface area contributed by atoms with Gasteiger partial charge in [0.1, 0.15) is 5.75 Å². The van der Waals surface area contributed by atoms with E-state index in [-0.39, 0.29) is 4.90 Å². The number of aryl methyl sites for hydroxylation is 2. The first-order chi connectivity index (χ1) is 11.9. The van der Waals surface area contributed by atoms with E-state index in [0.717, 1.165) is 22.3 Å². The Morgan fingerprint density at radius 3 is 2.44 bits per heavy atom. The number of rotatable bonds is 6. The van der Waals surface area contributed by atoms with Crippen molar-refractivity contribution >= 4 is 20.8 Å². The highest BCUT2D eigenvalue weighted by atomic mass is 32.2. The van der Waals surface area contributed by atoms with Gasteiger partial charge in [-0.1, -0.05) is 37.6 Å². The number of unbranched alkanes of at least 4 members (excludes halogenated alkanes) is 1. The molecule has 1 heterocycles. The van der Waals surface area contributed by atoms with Crippen molar-refractivity contribution in [2.75, 3.05) is 6.61 Å². The van der Waals surface area contributed by atoms with Gasteiger partial charge in [0.15, 0.2) is 0 Å². The molecule has 0 saturated carbocycles. The van der Waals surface area contributed by atoms with Gasteiger partial charge < -0.3 is 4.74 Å². The lowest BCUT2D eigenvalue weighted by Crippen LogP contribution is -2.16. The minimum Gasteiger partial charge on any atom is -0.493 e. The van der Waals surface area contributed by atoms with E-state index in [4.69, 9.17) is 4.74 Å². The van der Waals surface area contributed by atoms with Gasteiger partial charge in [0.2, 0.25) is 0 Å². The van der Waals surface area contributed by atoms with Crippen LogP contribution in [-0.4, -0.2) is 24.2 Å². The average molecular weight is 358 g/mol. The fourth-order valence-corrected chi connectivity index (χ4v) is 4.42. The lowest BCUT2D eigenvalue weighted by Gasteiger charge is -2.13. The molecule has 6 heteroatoms. The zero-order valence-corrected chi connectivity index (χ0v) is 15.5. The number of benzene rings is 2. The van der Waals surface area contributed by atoms with Crippen LogP contribution in [-0.2, 0) is 10.0 Å². The van der Waals surface area contributed by atoms with Gasteiger partial charge in [-0.25, -0.2) is 0 Å². The second-order valence-corrected chi connectivity index (χ2v) is 7.82. The molecule has 0 amide bonds. The highest BCUT2D eigenvalue weighted by Gasteiger charge is 2.23. The molecule has 1 aromatic heterocycles. The Balaban J connectivity index is 2.15. The Morgan fingerprint density at radius 1 is 1.08 bits per heavy atom. The summed E-state index contributed by atoms with van der Waals surface area (Å²) in [6.07, 6.45) is 2.00. The molecule has 0 N–H and O–H groups in total. The van der Waals surface area contributed by atoms with Crippen LogP contribution >= 0.6 is 0 Å². The fraction of sp³-hybridized carbons (Fsp3) is 0.316. The molecular formula is C19H22N2O3S. The minimum absolute atomic E-state index is 0.233. The van der Waals surface area contributed by atoms with E-state index in [1.807, 2.05) is 18.2 Å². The van der Waals surface area contributed by atoms with E-state index in [0.29, 0.717) is 29.1 Å². The number of hydrogen-bond acceptors (Lipinski definition) is 4. The SMILES string of the molecule is CCCCOc1ccc(S(=O)(=O)n2nc(C)cc2C)c2ccccc12. The standard InChI is InChI=1S/C19H22N2O3S/c1-4-5-12-24-18-10-11-19(17-9-7-6-8-16(17)18)25(22,23)21-15(3)13-14(2)20-21/h6-11,13H,4-5,12H2,1-3H3. The van der Waals surface area contributed by atoms with Crippen LogP contribution in [0.3, 0.4) is 0 Å². The van der Waals surface area contributed by atoms with Crippen LogP contribution in [0, 0.1) is 13.8 Å². The molecule has 0 spiro atoms. The van der Waals surface area contributed by atoms with E-state index < -0.39 is 10.0 Å². The summed E-state index contributed by atoms with van der Waals surface area (Å²) >= 11 is 0. The smallest absolute Gasteiger partial charge is 0.283 e. The summed E-state index contributed by atoms with van der Waals surface area (Å²) in [7, 11) is -3.77. The van der Waals surface area contributed by atoms with E-state index in [9.17, 15) is 8.42 Å². The molecule has 0 aliphatic carbocycles. The van der Waals surface area contributed by atoms with Crippen LogP contribution in [0.15, 0.2) is 47.4 Å².